The molecule has 0 N–H and O–H groups in total. The zero-order valence-corrected chi connectivity index (χ0v) is 42.0. The normalized spacial score (nSPS) is 14.0. The van der Waals surface area contributed by atoms with Crippen LogP contribution in [-0.2, 0) is 21.7 Å². The molecule has 0 bridgehead atoms. The van der Waals surface area contributed by atoms with E-state index in [0.29, 0.717) is 6.67 Å². The molecule has 3 heterocycles. The molecule has 9 rings (SSSR count). The molecule has 5 heteroatoms. The summed E-state index contributed by atoms with van der Waals surface area (Å²) in [6.45, 7) is 30.7. The first-order valence-corrected chi connectivity index (χ1v) is 24.0. The SMILES string of the molecule is CC(C)(C)C1=CN(c2cc(Oc3ccc4c5ccccc5n(-c5cc(C(C)(C)c6ccccc6)ccn5)c4c3)cc(C(C)(C)c3ccccc3)c2)CN1c1cc(C(C)(C)C)cc(C(C)(C)C)c1. The van der Waals surface area contributed by atoms with Crippen LogP contribution in [0.1, 0.15) is 123 Å². The Morgan fingerprint density at radius 2 is 1.00 bits per heavy atom. The topological polar surface area (TPSA) is 33.5 Å². The summed E-state index contributed by atoms with van der Waals surface area (Å²) in [5.74, 6) is 2.43. The minimum atomic E-state index is -0.311. The van der Waals surface area contributed by atoms with Crippen molar-refractivity contribution in [2.45, 2.75) is 112 Å². The highest BCUT2D eigenvalue weighted by molar-refractivity contribution is 6.09. The lowest BCUT2D eigenvalue weighted by atomic mass is 9.78. The molecule has 6 aromatic carbocycles. The highest BCUT2D eigenvalue weighted by atomic mass is 16.5. The minimum absolute atomic E-state index is 0.00182. The maximum absolute atomic E-state index is 7.10. The number of hydrogen-bond donors (Lipinski definition) is 0. The number of hydrogen-bond acceptors (Lipinski definition) is 4. The van der Waals surface area contributed by atoms with Gasteiger partial charge >= 0.3 is 0 Å². The van der Waals surface area contributed by atoms with Crippen molar-refractivity contribution in [3.05, 3.63) is 203 Å². The Kier molecular flexibility index (Phi) is 11.3. The number of rotatable bonds is 9. The maximum atomic E-state index is 7.10. The van der Waals surface area contributed by atoms with Gasteiger partial charge in [-0.25, -0.2) is 4.98 Å². The number of anilines is 2. The highest BCUT2D eigenvalue weighted by Crippen LogP contribution is 2.45. The lowest BCUT2D eigenvalue weighted by molar-refractivity contribution is 0.480. The quantitative estimate of drug-likeness (QED) is 0.145. The summed E-state index contributed by atoms with van der Waals surface area (Å²) in [4.78, 5) is 9.95. The van der Waals surface area contributed by atoms with Gasteiger partial charge in [-0.2, -0.15) is 0 Å². The van der Waals surface area contributed by atoms with Gasteiger partial charge in [0.15, 0.2) is 0 Å². The van der Waals surface area contributed by atoms with Gasteiger partial charge in [-0.15, -0.1) is 0 Å². The molecule has 1 aliphatic heterocycles. The Morgan fingerprint density at radius 3 is 1.61 bits per heavy atom. The van der Waals surface area contributed by atoms with Crippen LogP contribution < -0.4 is 14.5 Å². The Labute approximate surface area is 399 Å². The van der Waals surface area contributed by atoms with Gasteiger partial charge < -0.3 is 14.5 Å². The van der Waals surface area contributed by atoms with E-state index < -0.39 is 0 Å². The van der Waals surface area contributed by atoms with Crippen molar-refractivity contribution in [2.75, 3.05) is 16.5 Å². The largest absolute Gasteiger partial charge is 0.457 e. The summed E-state index contributed by atoms with van der Waals surface area (Å²) < 4.78 is 9.39. The summed E-state index contributed by atoms with van der Waals surface area (Å²) in [6.07, 6.45) is 4.31. The van der Waals surface area contributed by atoms with E-state index in [1.807, 2.05) is 6.20 Å². The van der Waals surface area contributed by atoms with Gasteiger partial charge in [0, 0.05) is 68.6 Å². The molecule has 1 aliphatic rings. The summed E-state index contributed by atoms with van der Waals surface area (Å²) in [5, 5.41) is 2.33. The van der Waals surface area contributed by atoms with Crippen molar-refractivity contribution in [1.29, 1.82) is 0 Å². The number of pyridine rings is 1. The van der Waals surface area contributed by atoms with Crippen LogP contribution in [0.25, 0.3) is 27.6 Å². The van der Waals surface area contributed by atoms with Crippen molar-refractivity contribution >= 4 is 33.2 Å². The monoisotopic (exact) mass is 885 g/mol. The van der Waals surface area contributed by atoms with Crippen molar-refractivity contribution < 1.29 is 4.74 Å². The summed E-state index contributed by atoms with van der Waals surface area (Å²) >= 11 is 0. The lowest BCUT2D eigenvalue weighted by Gasteiger charge is -2.34. The second-order valence-corrected chi connectivity index (χ2v) is 22.8. The van der Waals surface area contributed by atoms with E-state index >= 15 is 0 Å². The molecule has 0 saturated carbocycles. The van der Waals surface area contributed by atoms with Gasteiger partial charge in [-0.3, -0.25) is 4.57 Å². The van der Waals surface area contributed by atoms with Crippen LogP contribution in [0, 0.1) is 5.41 Å². The molecule has 0 atom stereocenters. The molecular weight excluding hydrogens is 817 g/mol. The average molecular weight is 885 g/mol. The van der Waals surface area contributed by atoms with Crippen molar-refractivity contribution in [3.63, 3.8) is 0 Å². The number of ether oxygens (including phenoxy) is 1. The first-order chi connectivity index (χ1) is 31.6. The number of aromatic nitrogens is 2. The molecule has 0 amide bonds. The fraction of sp³-hybridized carbons (Fsp3) is 0.306. The molecule has 5 nitrogen and oxygen atoms in total. The van der Waals surface area contributed by atoms with E-state index in [9.17, 15) is 0 Å². The first kappa shape index (κ1) is 45.6. The van der Waals surface area contributed by atoms with Gasteiger partial charge in [0.05, 0.1) is 17.7 Å². The Bertz CT molecular complexity index is 3100. The molecule has 0 unspecified atom stereocenters. The first-order valence-electron chi connectivity index (χ1n) is 24.0. The van der Waals surface area contributed by atoms with E-state index in [0.717, 1.165) is 39.4 Å². The third-order valence-electron chi connectivity index (χ3n) is 14.1. The fourth-order valence-electron chi connectivity index (χ4n) is 9.63. The maximum Gasteiger partial charge on any atom is 0.137 e. The molecule has 2 aromatic heterocycles. The predicted molar refractivity (Wildman–Crippen MR) is 283 cm³/mol. The van der Waals surface area contributed by atoms with Crippen LogP contribution in [0.3, 0.4) is 0 Å². The third-order valence-corrected chi connectivity index (χ3v) is 14.1. The molecule has 0 spiro atoms. The smallest absolute Gasteiger partial charge is 0.137 e. The van der Waals surface area contributed by atoms with Gasteiger partial charge in [0.25, 0.3) is 0 Å². The summed E-state index contributed by atoms with van der Waals surface area (Å²) in [6, 6.07) is 55.1. The van der Waals surface area contributed by atoms with E-state index in [1.165, 1.54) is 50.2 Å². The van der Waals surface area contributed by atoms with Crippen LogP contribution in [0.4, 0.5) is 11.4 Å². The second kappa shape index (κ2) is 16.6. The van der Waals surface area contributed by atoms with E-state index in [1.54, 1.807) is 0 Å². The zero-order valence-electron chi connectivity index (χ0n) is 42.0. The van der Waals surface area contributed by atoms with Gasteiger partial charge in [-0.1, -0.05) is 175 Å². The zero-order chi connectivity index (χ0) is 47.7. The summed E-state index contributed by atoms with van der Waals surface area (Å²) in [5.41, 5.74) is 12.7. The van der Waals surface area contributed by atoms with Gasteiger partial charge in [0.2, 0.25) is 0 Å². The molecule has 0 fully saturated rings. The molecule has 0 saturated heterocycles. The van der Waals surface area contributed by atoms with Crippen molar-refractivity contribution in [2.24, 2.45) is 5.41 Å². The molecular formula is C62H68N4O. The minimum Gasteiger partial charge on any atom is -0.457 e. The molecule has 67 heavy (non-hydrogen) atoms. The number of fused-ring (bicyclic) bond motifs is 3. The molecule has 0 radical (unpaired) electrons. The molecule has 0 aliphatic carbocycles. The Hall–Kier alpha value is -6.59. The fourth-order valence-corrected chi connectivity index (χ4v) is 9.63. The lowest BCUT2D eigenvalue weighted by Crippen LogP contribution is -2.31. The third kappa shape index (κ3) is 8.77. The van der Waals surface area contributed by atoms with E-state index in [2.05, 4.69) is 262 Å². The van der Waals surface area contributed by atoms with Crippen molar-refractivity contribution in [3.8, 4) is 17.3 Å². The van der Waals surface area contributed by atoms with Crippen LogP contribution in [0.2, 0.25) is 0 Å². The molecule has 342 valence electrons. The van der Waals surface area contributed by atoms with Gasteiger partial charge in [-0.05, 0) is 98.8 Å². The van der Waals surface area contributed by atoms with Gasteiger partial charge in [0.1, 0.15) is 17.3 Å². The molecule has 8 aromatic rings. The standard InChI is InChI=1S/C62H68N4O/c1-58(2,3)45-32-46(59(4,5)6)34-49(33-45)65-41-64(40-56(65)60(7,8)9)48-35-47(62(12,13)43-24-18-15-19-25-43)36-51(38-48)67-50-28-29-53-52-26-20-21-27-54(52)66(55(53)39-50)57-37-44(30-31-63-57)61(10,11)42-22-16-14-17-23-42/h14-40H,41H2,1-13H3. The van der Waals surface area contributed by atoms with E-state index in [-0.39, 0.29) is 27.1 Å². The van der Waals surface area contributed by atoms with Crippen LogP contribution >= 0.6 is 0 Å². The predicted octanol–water partition coefficient (Wildman–Crippen LogP) is 16.4. The number of benzene rings is 6. The Morgan fingerprint density at radius 1 is 0.433 bits per heavy atom. The Balaban J connectivity index is 1.16. The van der Waals surface area contributed by atoms with Crippen LogP contribution in [0.5, 0.6) is 11.5 Å². The van der Waals surface area contributed by atoms with E-state index in [4.69, 9.17) is 9.72 Å². The average Bonchev–Trinajstić information content (AvgIpc) is 3.90. The highest BCUT2D eigenvalue weighted by Gasteiger charge is 2.34. The number of para-hydroxylation sites is 1. The number of allylic oxidation sites excluding steroid dienone is 1. The summed E-state index contributed by atoms with van der Waals surface area (Å²) in [7, 11) is 0. The van der Waals surface area contributed by atoms with Crippen LogP contribution in [0.15, 0.2) is 170 Å². The van der Waals surface area contributed by atoms with Crippen molar-refractivity contribution in [1.82, 2.24) is 9.55 Å². The van der Waals surface area contributed by atoms with Crippen LogP contribution in [-0.4, -0.2) is 16.2 Å². The second-order valence-electron chi connectivity index (χ2n) is 22.8. The number of nitrogens with zero attached hydrogens (tertiary/aromatic N) is 4.